The molecule has 0 fully saturated rings. The van der Waals surface area contributed by atoms with E-state index in [1.807, 2.05) is 130 Å². The Morgan fingerprint density at radius 1 is 0.476 bits per heavy atom. The average molecular weight is 1080 g/mol. The SMILES string of the molecule is CCOC(=O)CC(c1ccccc1)c1ccc2[nH]ccc2c1.CNCC(c1ccccc1)c1ccc2[nH]ccc2c1.O=BC=NCC(c1ccccc1)c1ccc2[nH]ccc2c1.O=C(O)CC(c1ccccc1)c1ccc2[nH]ccc2c1. The predicted molar refractivity (Wildman–Crippen MR) is 334 cm³/mol. The van der Waals surface area contributed by atoms with Gasteiger partial charge in [-0.1, -0.05) is 109 Å². The van der Waals surface area contributed by atoms with Gasteiger partial charge in [0, 0.05) is 59.4 Å². The summed E-state index contributed by atoms with van der Waals surface area (Å²) in [6.45, 7) is 3.76. The van der Waals surface area contributed by atoms with Gasteiger partial charge in [-0.25, -0.2) is 0 Å². The number of benzene rings is 8. The van der Waals surface area contributed by atoms with Crippen molar-refractivity contribution in [3.63, 3.8) is 0 Å². The minimum atomic E-state index is -0.784. The van der Waals surface area contributed by atoms with Crippen molar-refractivity contribution >= 4 is 68.8 Å². The summed E-state index contributed by atoms with van der Waals surface area (Å²) in [5, 5.41) is 17.2. The first-order valence-electron chi connectivity index (χ1n) is 27.7. The number of carbonyl (C=O) groups excluding carboxylic acids is 1. The van der Waals surface area contributed by atoms with Crippen molar-refractivity contribution in [1.82, 2.24) is 25.3 Å². The van der Waals surface area contributed by atoms with Crippen molar-refractivity contribution in [3.8, 4) is 0 Å². The first-order valence-corrected chi connectivity index (χ1v) is 27.7. The fraction of sp³-hybridized carbons (Fsp3) is 0.157. The molecule has 12 heteroatoms. The average Bonchev–Trinajstić information content (AvgIpc) is 4.46. The Labute approximate surface area is 478 Å². The van der Waals surface area contributed by atoms with E-state index in [4.69, 9.17) is 4.74 Å². The number of aromatic nitrogens is 4. The van der Waals surface area contributed by atoms with Crippen LogP contribution in [0.15, 0.2) is 248 Å². The first-order chi connectivity index (χ1) is 40.3. The van der Waals surface area contributed by atoms with Gasteiger partial charge in [0.1, 0.15) is 0 Å². The number of aliphatic carboxylic acids is 1. The number of hydrogen-bond acceptors (Lipinski definition) is 6. The molecule has 0 saturated heterocycles. The van der Waals surface area contributed by atoms with Gasteiger partial charge in [-0.15, -0.1) is 0 Å². The van der Waals surface area contributed by atoms with Gasteiger partial charge in [0.2, 0.25) is 0 Å². The van der Waals surface area contributed by atoms with Crippen LogP contribution in [0.1, 0.15) is 87.9 Å². The molecule has 82 heavy (non-hydrogen) atoms. The van der Waals surface area contributed by atoms with E-state index in [1.54, 1.807) is 0 Å². The van der Waals surface area contributed by atoms with Crippen LogP contribution in [0, 0.1) is 0 Å². The van der Waals surface area contributed by atoms with E-state index in [2.05, 4.69) is 158 Å². The summed E-state index contributed by atoms with van der Waals surface area (Å²) in [5.41, 5.74) is 13.9. The third-order valence-corrected chi connectivity index (χ3v) is 14.6. The molecule has 4 heterocycles. The Bertz CT molecular complexity index is 3950. The van der Waals surface area contributed by atoms with E-state index in [1.165, 1.54) is 44.7 Å². The molecule has 0 saturated carbocycles. The fourth-order valence-electron chi connectivity index (χ4n) is 10.6. The largest absolute Gasteiger partial charge is 0.481 e. The van der Waals surface area contributed by atoms with Gasteiger partial charge in [-0.3, -0.25) is 9.59 Å². The second-order valence-corrected chi connectivity index (χ2v) is 20.0. The van der Waals surface area contributed by atoms with E-state index in [-0.39, 0.29) is 30.1 Å². The molecule has 4 aromatic heterocycles. The van der Waals surface area contributed by atoms with Crippen molar-refractivity contribution < 1.29 is 24.1 Å². The number of nitrogens with one attached hydrogen (secondary N) is 5. The molecule has 0 spiro atoms. The molecular formula is C70H67BN6O5. The molecule has 12 aromatic rings. The van der Waals surface area contributed by atoms with Crippen LogP contribution in [0.5, 0.6) is 0 Å². The molecule has 6 N–H and O–H groups in total. The Morgan fingerprint density at radius 2 is 0.817 bits per heavy atom. The summed E-state index contributed by atoms with van der Waals surface area (Å²) in [5.74, 6) is -0.502. The number of hydrogen-bond donors (Lipinski definition) is 6. The Balaban J connectivity index is 0.000000132. The molecule has 0 aliphatic carbocycles. The quantitative estimate of drug-likeness (QED) is 0.0284. The molecule has 0 amide bonds. The van der Waals surface area contributed by atoms with Gasteiger partial charge >= 0.3 is 135 Å². The predicted octanol–water partition coefficient (Wildman–Crippen LogP) is 14.9. The first kappa shape index (κ1) is 57.1. The third-order valence-electron chi connectivity index (χ3n) is 14.6. The van der Waals surface area contributed by atoms with Gasteiger partial charge in [-0.05, 0) is 118 Å². The summed E-state index contributed by atoms with van der Waals surface area (Å²) < 4.78 is 15.6. The minimum absolute atomic E-state index is 0.0135. The van der Waals surface area contributed by atoms with Crippen LogP contribution in [0.2, 0.25) is 0 Å². The normalized spacial score (nSPS) is 12.5. The van der Waals surface area contributed by atoms with Crippen molar-refractivity contribution in [2.45, 2.75) is 43.4 Å². The summed E-state index contributed by atoms with van der Waals surface area (Å²) in [7, 11) is 2.72. The van der Waals surface area contributed by atoms with Crippen molar-refractivity contribution in [2.24, 2.45) is 4.99 Å². The summed E-state index contributed by atoms with van der Waals surface area (Å²) >= 11 is 0. The van der Waals surface area contributed by atoms with Crippen LogP contribution >= 0.6 is 0 Å². The summed E-state index contributed by atoms with van der Waals surface area (Å²) in [6.07, 6.45) is 9.53. The second kappa shape index (κ2) is 29.0. The van der Waals surface area contributed by atoms with Gasteiger partial charge < -0.3 is 30.1 Å². The maximum atomic E-state index is 12.0. The number of carbonyl (C=O) groups is 2. The molecule has 0 bridgehead atoms. The van der Waals surface area contributed by atoms with Crippen LogP contribution in [0.4, 0.5) is 0 Å². The van der Waals surface area contributed by atoms with E-state index in [0.29, 0.717) is 25.5 Å². The number of aromatic amines is 4. The van der Waals surface area contributed by atoms with Crippen LogP contribution in [0.25, 0.3) is 43.6 Å². The molecule has 11 nitrogen and oxygen atoms in total. The standard InChI is InChI=1S/C19H19NO2.C17H15BN2O.C17H18N2.C17H15NO2/c1-2-22-19(21)13-17(14-6-4-3-5-7-14)15-8-9-18-16(12-15)10-11-20-18;21-18-12-19-11-16(13-4-2-1-3-5-13)14-6-7-17-15(10-14)8-9-20-17;1-18-12-16(13-5-3-2-4-6-13)14-7-8-17-15(11-14)9-10-19-17;19-17(20)11-15(12-4-2-1-3-5-12)13-6-7-16-14(10-13)8-9-18-16/h3-12,17,20H,2,13H2,1H3;1-10,12,16,20H,11H2;2-11,16,18-19H,12H2,1H3;1-10,15,18H,11H2,(H,19,20). The maximum absolute atomic E-state index is 12.0. The summed E-state index contributed by atoms with van der Waals surface area (Å²) in [6, 6.07) is 74.5. The number of nitrogens with zero attached hydrogens (tertiary/aromatic N) is 1. The number of carboxylic acids is 1. The van der Waals surface area contributed by atoms with E-state index >= 15 is 0 Å². The van der Waals surface area contributed by atoms with Crippen molar-refractivity contribution in [1.29, 1.82) is 0 Å². The molecule has 4 atom stereocenters. The van der Waals surface area contributed by atoms with Gasteiger partial charge in [0.25, 0.3) is 0 Å². The molecule has 0 aliphatic heterocycles. The Hall–Kier alpha value is -9.65. The maximum Gasteiger partial charge on any atom is 0.304 e. The minimum Gasteiger partial charge on any atom is -0.481 e. The summed E-state index contributed by atoms with van der Waals surface area (Å²) in [4.78, 5) is 40.1. The van der Waals surface area contributed by atoms with E-state index in [0.717, 1.165) is 63.3 Å². The van der Waals surface area contributed by atoms with E-state index in [9.17, 15) is 19.4 Å². The Kier molecular flexibility index (Phi) is 20.2. The molecule has 0 aliphatic rings. The monoisotopic (exact) mass is 1080 g/mol. The smallest absolute Gasteiger partial charge is 0.304 e. The van der Waals surface area contributed by atoms with Gasteiger partial charge in [-0.2, -0.15) is 0 Å². The van der Waals surface area contributed by atoms with Gasteiger partial charge in [0.05, 0.1) is 19.4 Å². The second-order valence-electron chi connectivity index (χ2n) is 20.0. The fourth-order valence-corrected chi connectivity index (χ4v) is 10.6. The van der Waals surface area contributed by atoms with Crippen LogP contribution < -0.4 is 5.32 Å². The number of carboxylic acid groups (broad SMARTS) is 1. The Morgan fingerprint density at radius 3 is 1.17 bits per heavy atom. The van der Waals surface area contributed by atoms with E-state index < -0.39 is 5.97 Å². The molecule has 4 unspecified atom stereocenters. The molecule has 0 radical (unpaired) electrons. The van der Waals surface area contributed by atoms with Crippen molar-refractivity contribution in [3.05, 3.63) is 288 Å². The number of fused-ring (bicyclic) bond motifs is 4. The zero-order valence-electron chi connectivity index (χ0n) is 46.1. The molecule has 8 aromatic carbocycles. The number of rotatable bonds is 18. The van der Waals surface area contributed by atoms with Crippen LogP contribution in [0.3, 0.4) is 0 Å². The zero-order valence-corrected chi connectivity index (χ0v) is 46.1. The van der Waals surface area contributed by atoms with Crippen LogP contribution in [-0.2, 0) is 19.0 Å². The number of ether oxygens (including phenoxy) is 1. The molecule has 410 valence electrons. The number of H-pyrrole nitrogens is 4. The third kappa shape index (κ3) is 15.2. The molecular weight excluding hydrogens is 1020 g/mol. The number of likely N-dealkylation sites (N-methyl/N-ethyl adjacent to an activating group) is 1. The van der Waals surface area contributed by atoms with Crippen LogP contribution in [-0.4, -0.2) is 77.0 Å². The zero-order chi connectivity index (χ0) is 56.9. The van der Waals surface area contributed by atoms with Crippen molar-refractivity contribution in [2.75, 3.05) is 26.7 Å². The van der Waals surface area contributed by atoms with Gasteiger partial charge in [0.15, 0.2) is 0 Å². The number of aliphatic imine (C=N–C) groups is 1. The molecule has 12 rings (SSSR count). The topological polar surface area (TPSA) is 168 Å². The number of esters is 1.